The largest absolute Gasteiger partial charge is 0.483 e. The minimum Gasteiger partial charge on any atom is -0.483 e. The van der Waals surface area contributed by atoms with Crippen molar-refractivity contribution in [3.63, 3.8) is 0 Å². The summed E-state index contributed by atoms with van der Waals surface area (Å²) in [7, 11) is 0. The summed E-state index contributed by atoms with van der Waals surface area (Å²) in [6, 6.07) is 24.0. The normalized spacial score (nSPS) is 11.2. The van der Waals surface area contributed by atoms with Gasteiger partial charge in [0.05, 0.1) is 11.8 Å². The molecule has 0 aliphatic rings. The third-order valence-electron chi connectivity index (χ3n) is 5.80. The molecule has 0 radical (unpaired) electrons. The zero-order valence-corrected chi connectivity index (χ0v) is 22.4. The van der Waals surface area contributed by atoms with Crippen molar-refractivity contribution in [3.8, 4) is 11.5 Å². The van der Waals surface area contributed by atoms with Gasteiger partial charge in [0.2, 0.25) is 0 Å². The molecule has 0 unspecified atom stereocenters. The minimum atomic E-state index is -0.478. The summed E-state index contributed by atoms with van der Waals surface area (Å²) in [6.45, 7) is 5.92. The molecule has 4 aromatic rings. The van der Waals surface area contributed by atoms with E-state index < -0.39 is 11.9 Å². The van der Waals surface area contributed by atoms with E-state index in [-0.39, 0.29) is 12.5 Å². The Balaban J connectivity index is 1.50. The molecule has 7 heteroatoms. The number of hydrogen-bond acceptors (Lipinski definition) is 5. The van der Waals surface area contributed by atoms with Crippen LogP contribution >= 0.6 is 15.9 Å². The minimum absolute atomic E-state index is 0.191. The molecule has 0 atom stereocenters. The Kier molecular flexibility index (Phi) is 8.36. The number of rotatable bonds is 8. The van der Waals surface area contributed by atoms with Crippen molar-refractivity contribution in [1.29, 1.82) is 0 Å². The highest BCUT2D eigenvalue weighted by atomic mass is 79.9. The predicted octanol–water partition coefficient (Wildman–Crippen LogP) is 6.78. The number of halogens is 1. The van der Waals surface area contributed by atoms with Gasteiger partial charge in [-0.15, -0.1) is 0 Å². The summed E-state index contributed by atoms with van der Waals surface area (Å²) < 4.78 is 12.5. The van der Waals surface area contributed by atoms with Crippen LogP contribution in [0.5, 0.6) is 11.5 Å². The van der Waals surface area contributed by atoms with Crippen molar-refractivity contribution in [3.05, 3.63) is 106 Å². The monoisotopic (exact) mass is 558 g/mol. The van der Waals surface area contributed by atoms with Gasteiger partial charge in [-0.25, -0.2) is 10.2 Å². The van der Waals surface area contributed by atoms with Crippen LogP contribution in [0.4, 0.5) is 0 Å². The number of fused-ring (bicyclic) bond motifs is 1. The Hall–Kier alpha value is -3.97. The molecule has 0 spiro atoms. The van der Waals surface area contributed by atoms with E-state index in [0.29, 0.717) is 22.6 Å². The van der Waals surface area contributed by atoms with Crippen molar-refractivity contribution < 1.29 is 19.1 Å². The number of amides is 1. The van der Waals surface area contributed by atoms with Crippen LogP contribution in [0.1, 0.15) is 46.8 Å². The Morgan fingerprint density at radius 2 is 1.70 bits per heavy atom. The third-order valence-corrected chi connectivity index (χ3v) is 6.65. The lowest BCUT2D eigenvalue weighted by Gasteiger charge is -2.15. The molecule has 37 heavy (non-hydrogen) atoms. The van der Waals surface area contributed by atoms with Gasteiger partial charge in [-0.1, -0.05) is 78.3 Å². The molecule has 4 aromatic carbocycles. The molecule has 4 rings (SSSR count). The highest BCUT2D eigenvalue weighted by Gasteiger charge is 2.14. The van der Waals surface area contributed by atoms with Gasteiger partial charge in [-0.2, -0.15) is 5.10 Å². The van der Waals surface area contributed by atoms with Gasteiger partial charge in [0, 0.05) is 10.0 Å². The summed E-state index contributed by atoms with van der Waals surface area (Å²) >= 11 is 3.55. The average Bonchev–Trinajstić information content (AvgIpc) is 2.90. The zero-order valence-electron chi connectivity index (χ0n) is 20.8. The van der Waals surface area contributed by atoms with Crippen LogP contribution in [0.2, 0.25) is 0 Å². The van der Waals surface area contributed by atoms with E-state index in [4.69, 9.17) is 9.47 Å². The number of aryl methyl sites for hydroxylation is 1. The number of nitrogens with one attached hydrogen (secondary N) is 1. The molecule has 0 heterocycles. The van der Waals surface area contributed by atoms with Crippen LogP contribution in [-0.2, 0) is 4.79 Å². The van der Waals surface area contributed by atoms with Gasteiger partial charge in [-0.3, -0.25) is 4.79 Å². The number of benzene rings is 4. The first kappa shape index (κ1) is 26.1. The van der Waals surface area contributed by atoms with E-state index in [2.05, 4.69) is 40.3 Å². The van der Waals surface area contributed by atoms with E-state index >= 15 is 0 Å². The van der Waals surface area contributed by atoms with E-state index in [0.717, 1.165) is 26.4 Å². The zero-order chi connectivity index (χ0) is 26.4. The van der Waals surface area contributed by atoms with Gasteiger partial charge in [0.15, 0.2) is 6.61 Å². The number of ether oxygens (including phenoxy) is 2. The maximum Gasteiger partial charge on any atom is 0.343 e. The average molecular weight is 559 g/mol. The van der Waals surface area contributed by atoms with E-state index in [9.17, 15) is 9.59 Å². The summed E-state index contributed by atoms with van der Waals surface area (Å²) in [6.07, 6.45) is 1.48. The lowest BCUT2D eigenvalue weighted by Crippen LogP contribution is -2.25. The Morgan fingerprint density at radius 1 is 0.973 bits per heavy atom. The third kappa shape index (κ3) is 6.43. The smallest absolute Gasteiger partial charge is 0.343 e. The first-order valence-corrected chi connectivity index (χ1v) is 12.7. The van der Waals surface area contributed by atoms with Crippen molar-refractivity contribution in [2.75, 3.05) is 6.61 Å². The Morgan fingerprint density at radius 3 is 2.46 bits per heavy atom. The molecular weight excluding hydrogens is 532 g/mol. The number of carbonyl (C=O) groups excluding carboxylic acids is 2. The van der Waals surface area contributed by atoms with Gasteiger partial charge >= 0.3 is 5.97 Å². The molecule has 0 aliphatic carbocycles. The fourth-order valence-corrected chi connectivity index (χ4v) is 4.18. The first-order chi connectivity index (χ1) is 17.8. The standard InChI is InChI=1S/C30H27BrN2O4/c1-19(2)24-16-26(31)20(3)15-28(24)36-18-29(34)33-32-17-25-23-12-8-7-9-21(23)13-14-27(25)37-30(35)22-10-5-4-6-11-22/h4-17,19H,18H2,1-3H3,(H,33,34)/b32-17-. The highest BCUT2D eigenvalue weighted by molar-refractivity contribution is 9.10. The number of nitrogens with zero attached hydrogens (tertiary/aromatic N) is 1. The highest BCUT2D eigenvalue weighted by Crippen LogP contribution is 2.32. The predicted molar refractivity (Wildman–Crippen MR) is 150 cm³/mol. The lowest BCUT2D eigenvalue weighted by atomic mass is 10.0. The van der Waals surface area contributed by atoms with Gasteiger partial charge < -0.3 is 9.47 Å². The molecule has 1 N–H and O–H groups in total. The quantitative estimate of drug-likeness (QED) is 0.112. The molecular formula is C30H27BrN2O4. The van der Waals surface area contributed by atoms with Gasteiger partial charge in [0.1, 0.15) is 11.5 Å². The van der Waals surface area contributed by atoms with Crippen LogP contribution in [0.25, 0.3) is 10.8 Å². The second-order valence-electron chi connectivity index (χ2n) is 8.83. The number of hydrazone groups is 1. The van der Waals surface area contributed by atoms with Crippen molar-refractivity contribution in [1.82, 2.24) is 5.43 Å². The Bertz CT molecular complexity index is 1470. The van der Waals surface area contributed by atoms with Crippen molar-refractivity contribution in [2.24, 2.45) is 5.10 Å². The molecule has 0 aliphatic heterocycles. The fourth-order valence-electron chi connectivity index (χ4n) is 3.82. The molecule has 0 saturated carbocycles. The maximum absolute atomic E-state index is 12.7. The molecule has 6 nitrogen and oxygen atoms in total. The number of hydrogen-bond donors (Lipinski definition) is 1. The Labute approximate surface area is 224 Å². The topological polar surface area (TPSA) is 77.0 Å². The van der Waals surface area contributed by atoms with Crippen molar-refractivity contribution in [2.45, 2.75) is 26.7 Å². The number of esters is 1. The second kappa shape index (κ2) is 11.8. The number of carbonyl (C=O) groups is 2. The van der Waals surface area contributed by atoms with E-state index in [1.807, 2.05) is 55.5 Å². The first-order valence-electron chi connectivity index (χ1n) is 11.9. The molecule has 0 aromatic heterocycles. The molecule has 0 saturated heterocycles. The summed E-state index contributed by atoms with van der Waals surface area (Å²) in [4.78, 5) is 25.2. The van der Waals surface area contributed by atoms with Crippen LogP contribution < -0.4 is 14.9 Å². The van der Waals surface area contributed by atoms with E-state index in [1.54, 1.807) is 30.3 Å². The fraction of sp³-hybridized carbons (Fsp3) is 0.167. The maximum atomic E-state index is 12.7. The van der Waals surface area contributed by atoms with Gasteiger partial charge in [0.25, 0.3) is 5.91 Å². The van der Waals surface area contributed by atoms with E-state index in [1.165, 1.54) is 6.21 Å². The summed E-state index contributed by atoms with van der Waals surface area (Å²) in [5, 5.41) is 5.91. The SMILES string of the molecule is Cc1cc(OCC(=O)N/N=C\c2c(OC(=O)c3ccccc3)ccc3ccccc23)c(C(C)C)cc1Br. The molecule has 188 valence electrons. The molecule has 0 fully saturated rings. The summed E-state index contributed by atoms with van der Waals surface area (Å²) in [5.41, 5.74) is 5.55. The summed E-state index contributed by atoms with van der Waals surface area (Å²) in [5.74, 6) is 0.354. The van der Waals surface area contributed by atoms with Crippen molar-refractivity contribution >= 4 is 44.8 Å². The lowest BCUT2D eigenvalue weighted by molar-refractivity contribution is -0.123. The van der Waals surface area contributed by atoms with Gasteiger partial charge in [-0.05, 0) is 65.1 Å². The van der Waals surface area contributed by atoms with Crippen LogP contribution in [0, 0.1) is 6.92 Å². The molecule has 0 bridgehead atoms. The second-order valence-corrected chi connectivity index (χ2v) is 9.68. The van der Waals surface area contributed by atoms with Crippen LogP contribution in [-0.4, -0.2) is 24.7 Å². The molecule has 1 amide bonds. The van der Waals surface area contributed by atoms with Crippen LogP contribution in [0.15, 0.2) is 88.4 Å². The van der Waals surface area contributed by atoms with Crippen LogP contribution in [0.3, 0.4) is 0 Å².